The van der Waals surface area contributed by atoms with Crippen molar-refractivity contribution in [1.29, 1.82) is 0 Å². The lowest BCUT2D eigenvalue weighted by Gasteiger charge is -2.42. The van der Waals surface area contributed by atoms with Gasteiger partial charge in [-0.15, -0.1) is 0 Å². The molecule has 1 saturated carbocycles. The molecule has 4 nitrogen and oxygen atoms in total. The van der Waals surface area contributed by atoms with Crippen LogP contribution in [-0.4, -0.2) is 24.4 Å². The molecular formula is C16H19BrN2O2. The van der Waals surface area contributed by atoms with Gasteiger partial charge in [-0.05, 0) is 37.0 Å². The fraction of sp³-hybridized carbons (Fsp3) is 0.500. The second-order valence-electron chi connectivity index (χ2n) is 6.02. The van der Waals surface area contributed by atoms with Gasteiger partial charge >= 0.3 is 0 Å². The molecule has 2 N–H and O–H groups in total. The number of amides is 2. The molecule has 5 heteroatoms. The van der Waals surface area contributed by atoms with Crippen LogP contribution in [0.25, 0.3) is 0 Å². The van der Waals surface area contributed by atoms with E-state index >= 15 is 0 Å². The van der Waals surface area contributed by atoms with Crippen LogP contribution in [0.5, 0.6) is 0 Å². The molecule has 21 heavy (non-hydrogen) atoms. The summed E-state index contributed by atoms with van der Waals surface area (Å²) in [6.07, 6.45) is 4.47. The molecule has 2 aliphatic rings. The van der Waals surface area contributed by atoms with Crippen LogP contribution in [-0.2, 0) is 15.0 Å². The van der Waals surface area contributed by atoms with E-state index in [1.54, 1.807) is 0 Å². The average Bonchev–Trinajstić information content (AvgIpc) is 2.86. The lowest BCUT2D eigenvalue weighted by Crippen LogP contribution is -2.49. The minimum absolute atomic E-state index is 0.0265. The third kappa shape index (κ3) is 2.98. The highest BCUT2D eigenvalue weighted by atomic mass is 79.9. The van der Waals surface area contributed by atoms with Crippen LogP contribution in [0.4, 0.5) is 0 Å². The Bertz CT molecular complexity index is 552. The van der Waals surface area contributed by atoms with Crippen LogP contribution in [0.2, 0.25) is 0 Å². The Morgan fingerprint density at radius 3 is 2.57 bits per heavy atom. The Balaban J connectivity index is 1.63. The quantitative estimate of drug-likeness (QED) is 0.874. The second kappa shape index (κ2) is 5.79. The number of hydrogen-bond donors (Lipinski definition) is 2. The first-order valence-electron chi connectivity index (χ1n) is 7.42. The fourth-order valence-corrected chi connectivity index (χ4v) is 3.43. The largest absolute Gasteiger partial charge is 0.353 e. The Morgan fingerprint density at radius 1 is 1.33 bits per heavy atom. The Labute approximate surface area is 132 Å². The summed E-state index contributed by atoms with van der Waals surface area (Å²) in [5.41, 5.74) is 1.35. The summed E-state index contributed by atoms with van der Waals surface area (Å²) in [5, 5.41) is 5.75. The summed E-state index contributed by atoms with van der Waals surface area (Å²) < 4.78 is 1.07. The lowest BCUT2D eigenvalue weighted by molar-refractivity contribution is -0.126. The maximum absolute atomic E-state index is 12.1. The van der Waals surface area contributed by atoms with Crippen LogP contribution < -0.4 is 10.6 Å². The van der Waals surface area contributed by atoms with E-state index in [0.717, 1.165) is 17.3 Å². The molecule has 1 atom stereocenters. The third-order valence-corrected chi connectivity index (χ3v) is 5.21. The lowest BCUT2D eigenvalue weighted by atomic mass is 9.64. The van der Waals surface area contributed by atoms with Crippen LogP contribution in [0.3, 0.4) is 0 Å². The molecule has 0 bridgehead atoms. The third-order valence-electron chi connectivity index (χ3n) is 4.68. The molecule has 2 amide bonds. The minimum atomic E-state index is -0.348. The zero-order valence-electron chi connectivity index (χ0n) is 11.8. The predicted octanol–water partition coefficient (Wildman–Crippen LogP) is 2.27. The minimum Gasteiger partial charge on any atom is -0.353 e. The molecule has 2 fully saturated rings. The zero-order chi connectivity index (χ0) is 14.9. The predicted molar refractivity (Wildman–Crippen MR) is 83.8 cm³/mol. The van der Waals surface area contributed by atoms with Crippen molar-refractivity contribution < 1.29 is 9.59 Å². The van der Waals surface area contributed by atoms with Crippen LogP contribution in [0.1, 0.15) is 37.7 Å². The highest BCUT2D eigenvalue weighted by Crippen LogP contribution is 2.43. The highest BCUT2D eigenvalue weighted by Gasteiger charge is 2.39. The smallest absolute Gasteiger partial charge is 0.242 e. The van der Waals surface area contributed by atoms with E-state index in [9.17, 15) is 9.59 Å². The molecule has 1 aromatic rings. The van der Waals surface area contributed by atoms with Crippen molar-refractivity contribution in [2.45, 2.75) is 43.6 Å². The van der Waals surface area contributed by atoms with Gasteiger partial charge in [-0.1, -0.05) is 34.5 Å². The molecule has 1 saturated heterocycles. The molecule has 1 aromatic carbocycles. The molecule has 112 valence electrons. The first kappa shape index (κ1) is 14.6. The molecular weight excluding hydrogens is 332 g/mol. The van der Waals surface area contributed by atoms with Crippen molar-refractivity contribution in [3.8, 4) is 0 Å². The standard InChI is InChI=1S/C16H19BrN2O2/c17-12-4-2-11(3-5-12)16(8-1-9-16)10-18-15(21)13-6-7-14(20)19-13/h2-5,13H,1,6-10H2,(H,18,21)(H,19,20). The average molecular weight is 351 g/mol. The first-order valence-corrected chi connectivity index (χ1v) is 8.21. The molecule has 1 heterocycles. The fourth-order valence-electron chi connectivity index (χ4n) is 3.16. The maximum atomic E-state index is 12.1. The van der Waals surface area contributed by atoms with Gasteiger partial charge in [-0.2, -0.15) is 0 Å². The van der Waals surface area contributed by atoms with Gasteiger partial charge in [-0.25, -0.2) is 0 Å². The van der Waals surface area contributed by atoms with E-state index in [-0.39, 0.29) is 23.3 Å². The van der Waals surface area contributed by atoms with E-state index in [1.807, 2.05) is 0 Å². The molecule has 3 rings (SSSR count). The topological polar surface area (TPSA) is 58.2 Å². The van der Waals surface area contributed by atoms with Crippen LogP contribution >= 0.6 is 15.9 Å². The van der Waals surface area contributed by atoms with Crippen molar-refractivity contribution >= 4 is 27.7 Å². The Morgan fingerprint density at radius 2 is 2.05 bits per heavy atom. The van der Waals surface area contributed by atoms with Gasteiger partial charge in [0.15, 0.2) is 0 Å². The number of halogens is 1. The summed E-state index contributed by atoms with van der Waals surface area (Å²) in [6, 6.07) is 8.02. The van der Waals surface area contributed by atoms with Gasteiger partial charge < -0.3 is 10.6 Å². The summed E-state index contributed by atoms with van der Waals surface area (Å²) in [7, 11) is 0. The van der Waals surface area contributed by atoms with Crippen molar-refractivity contribution in [3.05, 3.63) is 34.3 Å². The zero-order valence-corrected chi connectivity index (χ0v) is 13.4. The Kier molecular flexibility index (Phi) is 4.02. The van der Waals surface area contributed by atoms with Crippen LogP contribution in [0, 0.1) is 0 Å². The van der Waals surface area contributed by atoms with E-state index < -0.39 is 0 Å². The van der Waals surface area contributed by atoms with Gasteiger partial charge in [0.05, 0.1) is 0 Å². The van der Waals surface area contributed by atoms with E-state index in [1.165, 1.54) is 12.0 Å². The maximum Gasteiger partial charge on any atom is 0.242 e. The number of carbonyl (C=O) groups is 2. The SMILES string of the molecule is O=C1CCC(C(=O)NCC2(c3ccc(Br)cc3)CCC2)N1. The van der Waals surface area contributed by atoms with E-state index in [2.05, 4.69) is 50.8 Å². The second-order valence-corrected chi connectivity index (χ2v) is 6.93. The monoisotopic (exact) mass is 350 g/mol. The molecule has 0 radical (unpaired) electrons. The summed E-state index contributed by atoms with van der Waals surface area (Å²) in [6.45, 7) is 0.653. The number of hydrogen-bond acceptors (Lipinski definition) is 2. The first-order chi connectivity index (χ1) is 10.1. The normalized spacial score (nSPS) is 23.3. The number of rotatable bonds is 4. The molecule has 0 aromatic heterocycles. The molecule has 0 spiro atoms. The van der Waals surface area contributed by atoms with Gasteiger partial charge in [0.2, 0.25) is 11.8 Å². The number of nitrogens with one attached hydrogen (secondary N) is 2. The van der Waals surface area contributed by atoms with E-state index in [4.69, 9.17) is 0 Å². The Hall–Kier alpha value is -1.36. The molecule has 1 aliphatic heterocycles. The molecule has 1 unspecified atom stereocenters. The molecule has 1 aliphatic carbocycles. The van der Waals surface area contributed by atoms with Crippen molar-refractivity contribution in [3.63, 3.8) is 0 Å². The van der Waals surface area contributed by atoms with Gasteiger partial charge in [-0.3, -0.25) is 9.59 Å². The summed E-state index contributed by atoms with van der Waals surface area (Å²) >= 11 is 3.45. The summed E-state index contributed by atoms with van der Waals surface area (Å²) in [5.74, 6) is -0.0781. The highest BCUT2D eigenvalue weighted by molar-refractivity contribution is 9.10. The van der Waals surface area contributed by atoms with Gasteiger partial charge in [0.25, 0.3) is 0 Å². The van der Waals surface area contributed by atoms with Crippen LogP contribution in [0.15, 0.2) is 28.7 Å². The van der Waals surface area contributed by atoms with E-state index in [0.29, 0.717) is 19.4 Å². The van der Waals surface area contributed by atoms with Gasteiger partial charge in [0.1, 0.15) is 6.04 Å². The number of carbonyl (C=O) groups excluding carboxylic acids is 2. The summed E-state index contributed by atoms with van der Waals surface area (Å²) in [4.78, 5) is 23.3. The number of benzene rings is 1. The van der Waals surface area contributed by atoms with Gasteiger partial charge in [0, 0.05) is 22.9 Å². The van der Waals surface area contributed by atoms with Crippen molar-refractivity contribution in [2.75, 3.05) is 6.54 Å². The van der Waals surface area contributed by atoms with Crippen molar-refractivity contribution in [2.24, 2.45) is 0 Å². The van der Waals surface area contributed by atoms with Crippen molar-refractivity contribution in [1.82, 2.24) is 10.6 Å².